The number of H-pyrrole nitrogens is 1. The topological polar surface area (TPSA) is 89.6 Å². The lowest BCUT2D eigenvalue weighted by Gasteiger charge is -2.25. The zero-order valence-corrected chi connectivity index (χ0v) is 18.1. The number of nitrogens with one attached hydrogen (secondary N) is 3. The van der Waals surface area contributed by atoms with Gasteiger partial charge in [0.1, 0.15) is 0 Å². The summed E-state index contributed by atoms with van der Waals surface area (Å²) >= 11 is 1.80. The Bertz CT molecular complexity index is 918. The SMILES string of the molecule is CN=C(NCCc1c[nH]c2cccc(C)c12)NCCS(=O)(=O)N1CCSCC1. The number of rotatable bonds is 7. The molecule has 0 aliphatic carbocycles. The number of hydrogen-bond donors (Lipinski definition) is 3. The minimum atomic E-state index is -3.20. The number of aromatic amines is 1. The molecular weight excluding hydrogens is 394 g/mol. The van der Waals surface area contributed by atoms with Gasteiger partial charge in [-0.05, 0) is 30.5 Å². The Balaban J connectivity index is 1.46. The van der Waals surface area contributed by atoms with E-state index in [9.17, 15) is 8.42 Å². The fourth-order valence-electron chi connectivity index (χ4n) is 3.44. The van der Waals surface area contributed by atoms with E-state index < -0.39 is 10.0 Å². The highest BCUT2D eigenvalue weighted by Crippen LogP contribution is 2.22. The predicted molar refractivity (Wildman–Crippen MR) is 119 cm³/mol. The number of sulfonamides is 1. The largest absolute Gasteiger partial charge is 0.361 e. The van der Waals surface area contributed by atoms with E-state index in [0.717, 1.165) is 30.0 Å². The molecule has 1 aromatic heterocycles. The number of benzene rings is 1. The average Bonchev–Trinajstić information content (AvgIpc) is 3.12. The van der Waals surface area contributed by atoms with Crippen molar-refractivity contribution in [3.8, 4) is 0 Å². The Morgan fingerprint density at radius 3 is 2.75 bits per heavy atom. The first-order chi connectivity index (χ1) is 13.5. The van der Waals surface area contributed by atoms with Gasteiger partial charge in [0, 0.05) is 61.8 Å². The molecule has 28 heavy (non-hydrogen) atoms. The molecule has 0 amide bonds. The van der Waals surface area contributed by atoms with Crippen LogP contribution in [-0.4, -0.2) is 74.2 Å². The number of aryl methyl sites for hydroxylation is 1. The number of hydrogen-bond acceptors (Lipinski definition) is 4. The van der Waals surface area contributed by atoms with Crippen molar-refractivity contribution in [1.29, 1.82) is 0 Å². The Morgan fingerprint density at radius 2 is 2.00 bits per heavy atom. The van der Waals surface area contributed by atoms with Gasteiger partial charge >= 0.3 is 0 Å². The van der Waals surface area contributed by atoms with Gasteiger partial charge in [-0.25, -0.2) is 12.7 Å². The molecule has 3 N–H and O–H groups in total. The molecule has 2 aromatic rings. The molecule has 0 bridgehead atoms. The molecule has 3 rings (SSSR count). The molecule has 0 spiro atoms. The van der Waals surface area contributed by atoms with E-state index in [4.69, 9.17) is 0 Å². The maximum absolute atomic E-state index is 12.4. The van der Waals surface area contributed by atoms with Crippen molar-refractivity contribution in [2.75, 3.05) is 50.5 Å². The van der Waals surface area contributed by atoms with Crippen molar-refractivity contribution in [3.05, 3.63) is 35.5 Å². The van der Waals surface area contributed by atoms with Gasteiger partial charge in [0.05, 0.1) is 5.75 Å². The van der Waals surface area contributed by atoms with Crippen LogP contribution >= 0.6 is 11.8 Å². The minimum absolute atomic E-state index is 0.0833. The summed E-state index contributed by atoms with van der Waals surface area (Å²) in [4.78, 5) is 7.51. The minimum Gasteiger partial charge on any atom is -0.361 e. The van der Waals surface area contributed by atoms with E-state index in [2.05, 4.69) is 51.9 Å². The van der Waals surface area contributed by atoms with Crippen LogP contribution in [0.5, 0.6) is 0 Å². The van der Waals surface area contributed by atoms with Gasteiger partial charge in [-0.1, -0.05) is 12.1 Å². The summed E-state index contributed by atoms with van der Waals surface area (Å²) in [5.41, 5.74) is 3.68. The third-order valence-corrected chi connectivity index (χ3v) is 7.74. The van der Waals surface area contributed by atoms with Crippen LogP contribution in [0.2, 0.25) is 0 Å². The van der Waals surface area contributed by atoms with Crippen LogP contribution in [0.4, 0.5) is 0 Å². The molecule has 9 heteroatoms. The lowest BCUT2D eigenvalue weighted by Crippen LogP contribution is -2.44. The average molecular weight is 424 g/mol. The molecular formula is C19H29N5O2S2. The van der Waals surface area contributed by atoms with Gasteiger partial charge in [-0.2, -0.15) is 11.8 Å². The fourth-order valence-corrected chi connectivity index (χ4v) is 5.93. The molecule has 1 fully saturated rings. The molecule has 1 aromatic carbocycles. The van der Waals surface area contributed by atoms with Crippen LogP contribution in [0, 0.1) is 6.92 Å². The smallest absolute Gasteiger partial charge is 0.215 e. The number of guanidine groups is 1. The van der Waals surface area contributed by atoms with E-state index in [0.29, 0.717) is 25.6 Å². The molecule has 0 unspecified atom stereocenters. The summed E-state index contributed by atoms with van der Waals surface area (Å²) in [5.74, 6) is 2.47. The third kappa shape index (κ3) is 5.21. The monoisotopic (exact) mass is 423 g/mol. The summed E-state index contributed by atoms with van der Waals surface area (Å²) in [7, 11) is -1.51. The first-order valence-electron chi connectivity index (χ1n) is 9.57. The van der Waals surface area contributed by atoms with Crippen molar-refractivity contribution in [2.45, 2.75) is 13.3 Å². The fraction of sp³-hybridized carbons (Fsp3) is 0.526. The second-order valence-corrected chi connectivity index (χ2v) is 10.1. The highest BCUT2D eigenvalue weighted by Gasteiger charge is 2.23. The van der Waals surface area contributed by atoms with Crippen molar-refractivity contribution >= 4 is 38.6 Å². The molecule has 0 saturated carbocycles. The second-order valence-electron chi connectivity index (χ2n) is 6.81. The summed E-state index contributed by atoms with van der Waals surface area (Å²) < 4.78 is 26.4. The first-order valence-corrected chi connectivity index (χ1v) is 12.3. The number of nitrogens with zero attached hydrogens (tertiary/aromatic N) is 2. The normalized spacial score (nSPS) is 16.4. The maximum atomic E-state index is 12.4. The third-order valence-electron chi connectivity index (χ3n) is 4.92. The quantitative estimate of drug-likeness (QED) is 0.465. The van der Waals surface area contributed by atoms with Crippen molar-refractivity contribution in [3.63, 3.8) is 0 Å². The van der Waals surface area contributed by atoms with E-state index in [1.165, 1.54) is 16.5 Å². The molecule has 1 aliphatic rings. The van der Waals surface area contributed by atoms with Gasteiger partial charge in [-0.15, -0.1) is 0 Å². The van der Waals surface area contributed by atoms with Crippen LogP contribution in [0.25, 0.3) is 10.9 Å². The van der Waals surface area contributed by atoms with Crippen LogP contribution in [0.15, 0.2) is 29.4 Å². The van der Waals surface area contributed by atoms with Gasteiger partial charge < -0.3 is 15.6 Å². The second kappa shape index (κ2) is 9.67. The molecule has 1 saturated heterocycles. The number of aromatic nitrogens is 1. The van der Waals surface area contributed by atoms with Gasteiger partial charge in [0.15, 0.2) is 5.96 Å². The Kier molecular flexibility index (Phi) is 7.25. The van der Waals surface area contributed by atoms with Crippen molar-refractivity contribution in [2.24, 2.45) is 4.99 Å². The van der Waals surface area contributed by atoms with Crippen LogP contribution in [-0.2, 0) is 16.4 Å². The highest BCUT2D eigenvalue weighted by molar-refractivity contribution is 7.99. The number of thioether (sulfide) groups is 1. The zero-order chi connectivity index (χ0) is 20.0. The van der Waals surface area contributed by atoms with Gasteiger partial charge in [0.2, 0.25) is 10.0 Å². The van der Waals surface area contributed by atoms with Crippen LogP contribution in [0.3, 0.4) is 0 Å². The van der Waals surface area contributed by atoms with Crippen molar-refractivity contribution < 1.29 is 8.42 Å². The number of fused-ring (bicyclic) bond motifs is 1. The van der Waals surface area contributed by atoms with E-state index in [-0.39, 0.29) is 5.75 Å². The summed E-state index contributed by atoms with van der Waals surface area (Å²) in [6.07, 6.45) is 2.91. The highest BCUT2D eigenvalue weighted by atomic mass is 32.2. The predicted octanol–water partition coefficient (Wildman–Crippen LogP) is 1.56. The van der Waals surface area contributed by atoms with E-state index in [1.54, 1.807) is 23.1 Å². The molecule has 0 atom stereocenters. The molecule has 0 radical (unpaired) electrons. The zero-order valence-electron chi connectivity index (χ0n) is 16.5. The lowest BCUT2D eigenvalue weighted by atomic mass is 10.1. The van der Waals surface area contributed by atoms with E-state index >= 15 is 0 Å². The Hall–Kier alpha value is -1.71. The summed E-state index contributed by atoms with van der Waals surface area (Å²) in [6, 6.07) is 6.26. The molecule has 2 heterocycles. The molecule has 154 valence electrons. The van der Waals surface area contributed by atoms with Gasteiger partial charge in [0.25, 0.3) is 0 Å². The maximum Gasteiger partial charge on any atom is 0.215 e. The first kappa shape index (κ1) is 21.0. The Labute approximate surface area is 171 Å². The molecule has 1 aliphatic heterocycles. The lowest BCUT2D eigenvalue weighted by molar-refractivity contribution is 0.443. The standard InChI is InChI=1S/C19H29N5O2S2/c1-15-4-3-5-17-18(15)16(14-23-17)6-7-21-19(20-2)22-8-13-28(25,26)24-9-11-27-12-10-24/h3-5,14,23H,6-13H2,1-2H3,(H2,20,21,22). The Morgan fingerprint density at radius 1 is 1.25 bits per heavy atom. The van der Waals surface area contributed by atoms with E-state index in [1.807, 2.05) is 0 Å². The van der Waals surface area contributed by atoms with Crippen molar-refractivity contribution in [1.82, 2.24) is 19.9 Å². The summed E-state index contributed by atoms with van der Waals surface area (Å²) in [6.45, 7) is 4.41. The van der Waals surface area contributed by atoms with Gasteiger partial charge in [-0.3, -0.25) is 4.99 Å². The summed E-state index contributed by atoms with van der Waals surface area (Å²) in [5, 5.41) is 7.66. The molecule has 7 nitrogen and oxygen atoms in total. The van der Waals surface area contributed by atoms with Crippen LogP contribution < -0.4 is 10.6 Å². The van der Waals surface area contributed by atoms with Crippen LogP contribution in [0.1, 0.15) is 11.1 Å². The number of aliphatic imine (C=N–C) groups is 1.